The molecule has 4 rings (SSSR count). The van der Waals surface area contributed by atoms with Crippen LogP contribution in [0.4, 0.5) is 5.82 Å². The standard InChI is InChI=1S/C26H34N8O4Si/c1-7-13-33(24(36)17-11-9-8-10-12-17)22-20-23(29-15-28-22)34(16-30-20)25-21(38-39(5,6)26(2,3)4)19(31-32-27)18(14-35)37-25/h7-12,15-16,18-19,21,25,35H,1,13-14H2,2-6H3/t18-,19-,21-,25-/m1/s1. The van der Waals surface area contributed by atoms with E-state index in [0.717, 1.165) is 0 Å². The molecule has 39 heavy (non-hydrogen) atoms. The summed E-state index contributed by atoms with van der Waals surface area (Å²) >= 11 is 0. The van der Waals surface area contributed by atoms with E-state index in [-0.39, 0.29) is 24.1 Å². The van der Waals surface area contributed by atoms with Gasteiger partial charge in [0.2, 0.25) is 0 Å². The van der Waals surface area contributed by atoms with Crippen LogP contribution in [0.1, 0.15) is 37.4 Å². The van der Waals surface area contributed by atoms with E-state index < -0.39 is 32.8 Å². The maximum Gasteiger partial charge on any atom is 0.259 e. The minimum absolute atomic E-state index is 0.134. The van der Waals surface area contributed by atoms with E-state index in [1.54, 1.807) is 41.2 Å². The number of hydrogen-bond acceptors (Lipinski definition) is 8. The van der Waals surface area contributed by atoms with Crippen molar-refractivity contribution in [1.82, 2.24) is 19.5 Å². The minimum atomic E-state index is -2.37. The number of imidazole rings is 1. The highest BCUT2D eigenvalue weighted by molar-refractivity contribution is 6.74. The summed E-state index contributed by atoms with van der Waals surface area (Å²) in [6, 6.07) is 8.12. The molecule has 1 amide bonds. The molecule has 0 saturated carbocycles. The maximum absolute atomic E-state index is 13.4. The van der Waals surface area contributed by atoms with Gasteiger partial charge in [0.1, 0.15) is 12.4 Å². The molecule has 1 N–H and O–H groups in total. The van der Waals surface area contributed by atoms with E-state index in [1.807, 2.05) is 6.07 Å². The van der Waals surface area contributed by atoms with Crippen molar-refractivity contribution in [2.75, 3.05) is 18.1 Å². The van der Waals surface area contributed by atoms with Crippen LogP contribution < -0.4 is 4.90 Å². The van der Waals surface area contributed by atoms with Gasteiger partial charge in [0.05, 0.1) is 25.1 Å². The SMILES string of the molecule is C=CCN(C(=O)c1ccccc1)c1ncnc2c1ncn2[C@@H]1O[C@H](CO)[C@@H](N=[N+]=[N-])[C@H]1O[Si](C)(C)C(C)(C)C. The highest BCUT2D eigenvalue weighted by Gasteiger charge is 2.51. The molecule has 1 aromatic carbocycles. The Kier molecular flexibility index (Phi) is 8.19. The van der Waals surface area contributed by atoms with Crippen LogP contribution in [0, 0.1) is 0 Å². The molecule has 1 saturated heterocycles. The Labute approximate surface area is 228 Å². The number of benzene rings is 1. The van der Waals surface area contributed by atoms with E-state index in [0.29, 0.717) is 22.5 Å². The van der Waals surface area contributed by atoms with Crippen LogP contribution in [0.15, 0.2) is 60.8 Å². The van der Waals surface area contributed by atoms with Crippen LogP contribution in [0.2, 0.25) is 18.1 Å². The van der Waals surface area contributed by atoms with E-state index in [1.165, 1.54) is 11.2 Å². The van der Waals surface area contributed by atoms with Crippen LogP contribution in [0.3, 0.4) is 0 Å². The number of carbonyl (C=O) groups is 1. The normalized spacial score (nSPS) is 21.5. The Morgan fingerprint density at radius 2 is 2.03 bits per heavy atom. The van der Waals surface area contributed by atoms with Gasteiger partial charge >= 0.3 is 0 Å². The number of fused-ring (bicyclic) bond motifs is 1. The fraction of sp³-hybridized carbons (Fsp3) is 0.462. The molecule has 0 aliphatic carbocycles. The number of anilines is 1. The monoisotopic (exact) mass is 550 g/mol. The summed E-state index contributed by atoms with van der Waals surface area (Å²) in [4.78, 5) is 31.3. The fourth-order valence-corrected chi connectivity index (χ4v) is 5.58. The van der Waals surface area contributed by atoms with Gasteiger partial charge in [-0.1, -0.05) is 50.2 Å². The van der Waals surface area contributed by atoms with Gasteiger partial charge in [0.25, 0.3) is 5.91 Å². The molecule has 0 unspecified atom stereocenters. The van der Waals surface area contributed by atoms with Gasteiger partial charge in [-0.15, -0.1) is 6.58 Å². The lowest BCUT2D eigenvalue weighted by Crippen LogP contribution is -2.48. The summed E-state index contributed by atoms with van der Waals surface area (Å²) in [6.07, 6.45) is 2.24. The molecule has 4 atom stereocenters. The Morgan fingerprint density at radius 3 is 2.64 bits per heavy atom. The van der Waals surface area contributed by atoms with Crippen LogP contribution in [0.5, 0.6) is 0 Å². The zero-order valence-electron chi connectivity index (χ0n) is 22.8. The largest absolute Gasteiger partial charge is 0.409 e. The first-order valence-electron chi connectivity index (χ1n) is 12.7. The first kappa shape index (κ1) is 28.4. The van der Waals surface area contributed by atoms with Crippen LogP contribution in [0.25, 0.3) is 21.6 Å². The molecule has 3 aromatic rings. The number of rotatable bonds is 9. The topological polar surface area (TPSA) is 151 Å². The Balaban J connectivity index is 1.80. The lowest BCUT2D eigenvalue weighted by atomic mass is 10.1. The number of hydrogen-bond donors (Lipinski definition) is 1. The van der Waals surface area contributed by atoms with Gasteiger partial charge in [0.15, 0.2) is 31.5 Å². The van der Waals surface area contributed by atoms with Gasteiger partial charge < -0.3 is 14.3 Å². The van der Waals surface area contributed by atoms with Crippen LogP contribution >= 0.6 is 0 Å². The number of nitrogens with zero attached hydrogens (tertiary/aromatic N) is 8. The molecule has 206 valence electrons. The summed E-state index contributed by atoms with van der Waals surface area (Å²) in [7, 11) is -2.37. The number of aliphatic hydroxyl groups excluding tert-OH is 1. The predicted molar refractivity (Wildman–Crippen MR) is 150 cm³/mol. The summed E-state index contributed by atoms with van der Waals surface area (Å²) in [5, 5.41) is 13.9. The third-order valence-electron chi connectivity index (χ3n) is 7.36. The fourth-order valence-electron chi connectivity index (χ4n) is 4.29. The second-order valence-electron chi connectivity index (χ2n) is 10.9. The number of aliphatic hydroxyl groups is 1. The smallest absolute Gasteiger partial charge is 0.259 e. The Hall–Kier alpha value is -3.61. The zero-order valence-corrected chi connectivity index (χ0v) is 23.8. The highest BCUT2D eigenvalue weighted by Crippen LogP contribution is 2.43. The van der Waals surface area contributed by atoms with Crippen molar-refractivity contribution >= 4 is 31.2 Å². The van der Waals surface area contributed by atoms with E-state index in [4.69, 9.17) is 9.16 Å². The molecule has 3 heterocycles. The van der Waals surface area contributed by atoms with Gasteiger partial charge in [-0.25, -0.2) is 15.0 Å². The van der Waals surface area contributed by atoms with Crippen molar-refractivity contribution in [2.45, 2.75) is 63.4 Å². The first-order valence-corrected chi connectivity index (χ1v) is 15.6. The molecule has 1 aliphatic rings. The summed E-state index contributed by atoms with van der Waals surface area (Å²) in [6.45, 7) is 14.2. The molecule has 1 aliphatic heterocycles. The molecular formula is C26H34N8O4Si. The summed E-state index contributed by atoms with van der Waals surface area (Å²) < 4.78 is 14.6. The molecule has 2 aromatic heterocycles. The number of carbonyl (C=O) groups excluding carboxylic acids is 1. The van der Waals surface area contributed by atoms with Gasteiger partial charge in [0, 0.05) is 17.0 Å². The average Bonchev–Trinajstić information content (AvgIpc) is 3.48. The quantitative estimate of drug-likeness (QED) is 0.134. The molecule has 12 nitrogen and oxygen atoms in total. The molecule has 0 spiro atoms. The van der Waals surface area contributed by atoms with Crippen molar-refractivity contribution in [2.24, 2.45) is 5.11 Å². The number of ether oxygens (including phenoxy) is 1. The van der Waals surface area contributed by atoms with Gasteiger partial charge in [-0.2, -0.15) is 0 Å². The zero-order chi connectivity index (χ0) is 28.4. The van der Waals surface area contributed by atoms with Gasteiger partial charge in [-0.3, -0.25) is 14.3 Å². The Morgan fingerprint density at radius 1 is 1.31 bits per heavy atom. The van der Waals surface area contributed by atoms with Gasteiger partial charge in [-0.05, 0) is 35.8 Å². The summed E-state index contributed by atoms with van der Waals surface area (Å²) in [5.41, 5.74) is 10.6. The number of azide groups is 1. The van der Waals surface area contributed by atoms with E-state index >= 15 is 0 Å². The average molecular weight is 551 g/mol. The second kappa shape index (κ2) is 11.2. The third-order valence-corrected chi connectivity index (χ3v) is 11.8. The third kappa shape index (κ3) is 5.45. The predicted octanol–water partition coefficient (Wildman–Crippen LogP) is 4.62. The lowest BCUT2D eigenvalue weighted by Gasteiger charge is -2.40. The molecule has 1 fully saturated rings. The molecule has 0 radical (unpaired) electrons. The molecule has 0 bridgehead atoms. The van der Waals surface area contributed by atoms with Crippen molar-refractivity contribution in [1.29, 1.82) is 0 Å². The van der Waals surface area contributed by atoms with Crippen molar-refractivity contribution in [3.63, 3.8) is 0 Å². The molecule has 13 heteroatoms. The van der Waals surface area contributed by atoms with Crippen molar-refractivity contribution < 1.29 is 19.1 Å². The molecular weight excluding hydrogens is 516 g/mol. The van der Waals surface area contributed by atoms with Crippen LogP contribution in [-0.2, 0) is 9.16 Å². The number of amides is 1. The first-order chi connectivity index (χ1) is 18.5. The lowest BCUT2D eigenvalue weighted by molar-refractivity contribution is -0.0462. The van der Waals surface area contributed by atoms with Crippen LogP contribution in [-0.4, -0.2) is 70.3 Å². The van der Waals surface area contributed by atoms with E-state index in [9.17, 15) is 15.4 Å². The highest BCUT2D eigenvalue weighted by atomic mass is 28.4. The van der Waals surface area contributed by atoms with Crippen molar-refractivity contribution in [3.05, 3.63) is 71.6 Å². The minimum Gasteiger partial charge on any atom is -0.409 e. The number of aromatic nitrogens is 4. The summed E-state index contributed by atoms with van der Waals surface area (Å²) in [5.74, 6) is 0.0581. The Bertz CT molecular complexity index is 1380. The maximum atomic E-state index is 13.4. The van der Waals surface area contributed by atoms with E-state index in [2.05, 4.69) is 65.4 Å². The van der Waals surface area contributed by atoms with Crippen molar-refractivity contribution in [3.8, 4) is 0 Å². The second-order valence-corrected chi connectivity index (χ2v) is 15.6.